The van der Waals surface area contributed by atoms with E-state index in [9.17, 15) is 4.79 Å². The summed E-state index contributed by atoms with van der Waals surface area (Å²) < 4.78 is 5.23. The molecule has 1 atom stereocenters. The van der Waals surface area contributed by atoms with Gasteiger partial charge in [0, 0.05) is 42.8 Å². The molecule has 0 saturated carbocycles. The Bertz CT molecular complexity index is 753. The van der Waals surface area contributed by atoms with E-state index in [0.29, 0.717) is 12.0 Å². The lowest BCUT2D eigenvalue weighted by atomic mass is 9.98. The maximum absolute atomic E-state index is 12.9. The van der Waals surface area contributed by atoms with Crippen molar-refractivity contribution in [3.05, 3.63) is 59.7 Å². The number of likely N-dealkylation sites (tertiary alicyclic amines) is 1. The fraction of sp³-hybridized carbons (Fsp3) is 0.435. The predicted octanol–water partition coefficient (Wildman–Crippen LogP) is 4.56. The van der Waals surface area contributed by atoms with E-state index in [1.54, 1.807) is 7.11 Å². The van der Waals surface area contributed by atoms with Crippen LogP contribution in [0.25, 0.3) is 0 Å². The fourth-order valence-electron chi connectivity index (χ4n) is 3.92. The average molecular weight is 367 g/mol. The molecule has 3 rings (SSSR count). The molecule has 1 aliphatic rings. The van der Waals surface area contributed by atoms with E-state index < -0.39 is 0 Å². The zero-order valence-corrected chi connectivity index (χ0v) is 16.8. The van der Waals surface area contributed by atoms with Crippen LogP contribution in [0.2, 0.25) is 0 Å². The number of amides is 1. The van der Waals surface area contributed by atoms with Crippen molar-refractivity contribution in [1.82, 2.24) is 4.90 Å². The monoisotopic (exact) mass is 366 g/mol. The summed E-state index contributed by atoms with van der Waals surface area (Å²) in [6.45, 7) is 9.08. The second kappa shape index (κ2) is 8.47. The summed E-state index contributed by atoms with van der Waals surface area (Å²) >= 11 is 0. The largest absolute Gasteiger partial charge is 0.497 e. The number of methoxy groups -OCH3 is 1. The SMILES string of the molecule is CCN(c1ccc(C(=O)N2CCC(c3ccc(OC)cc3)C2)cc1)C(C)C. The fourth-order valence-corrected chi connectivity index (χ4v) is 3.92. The predicted molar refractivity (Wildman–Crippen MR) is 111 cm³/mol. The first-order valence-electron chi connectivity index (χ1n) is 9.83. The van der Waals surface area contributed by atoms with Crippen LogP contribution in [0.1, 0.15) is 49.0 Å². The number of nitrogens with zero attached hydrogens (tertiary/aromatic N) is 2. The minimum Gasteiger partial charge on any atom is -0.497 e. The first-order valence-corrected chi connectivity index (χ1v) is 9.83. The Labute approximate surface area is 162 Å². The number of benzene rings is 2. The molecule has 2 aromatic carbocycles. The van der Waals surface area contributed by atoms with Gasteiger partial charge in [-0.2, -0.15) is 0 Å². The molecule has 4 nitrogen and oxygen atoms in total. The lowest BCUT2D eigenvalue weighted by molar-refractivity contribution is 0.0791. The summed E-state index contributed by atoms with van der Waals surface area (Å²) in [5.41, 5.74) is 3.22. The van der Waals surface area contributed by atoms with Crippen LogP contribution in [0.5, 0.6) is 5.75 Å². The van der Waals surface area contributed by atoms with Crippen molar-refractivity contribution in [3.63, 3.8) is 0 Å². The molecule has 0 N–H and O–H groups in total. The van der Waals surface area contributed by atoms with Gasteiger partial charge in [0.25, 0.3) is 5.91 Å². The van der Waals surface area contributed by atoms with Gasteiger partial charge in [-0.1, -0.05) is 12.1 Å². The second-order valence-electron chi connectivity index (χ2n) is 7.44. The number of carbonyl (C=O) groups excluding carboxylic acids is 1. The van der Waals surface area contributed by atoms with Crippen LogP contribution in [0, 0.1) is 0 Å². The van der Waals surface area contributed by atoms with Gasteiger partial charge in [0.2, 0.25) is 0 Å². The Hall–Kier alpha value is -2.49. The molecule has 1 aliphatic heterocycles. The van der Waals surface area contributed by atoms with E-state index in [0.717, 1.165) is 37.4 Å². The molecule has 0 aliphatic carbocycles. The van der Waals surface area contributed by atoms with Crippen molar-refractivity contribution in [2.45, 2.75) is 39.2 Å². The zero-order valence-electron chi connectivity index (χ0n) is 16.8. The van der Waals surface area contributed by atoms with Crippen molar-refractivity contribution in [1.29, 1.82) is 0 Å². The topological polar surface area (TPSA) is 32.8 Å². The van der Waals surface area contributed by atoms with Crippen LogP contribution >= 0.6 is 0 Å². The maximum atomic E-state index is 12.9. The van der Waals surface area contributed by atoms with Crippen LogP contribution < -0.4 is 9.64 Å². The van der Waals surface area contributed by atoms with E-state index in [4.69, 9.17) is 4.74 Å². The molecule has 2 aromatic rings. The molecule has 144 valence electrons. The highest BCUT2D eigenvalue weighted by Crippen LogP contribution is 2.29. The highest BCUT2D eigenvalue weighted by atomic mass is 16.5. The number of ether oxygens (including phenoxy) is 1. The number of hydrogen-bond donors (Lipinski definition) is 0. The molecule has 0 bridgehead atoms. The number of rotatable bonds is 6. The van der Waals surface area contributed by atoms with Crippen molar-refractivity contribution in [2.24, 2.45) is 0 Å². The lowest BCUT2D eigenvalue weighted by Crippen LogP contribution is -2.31. The van der Waals surface area contributed by atoms with Gasteiger partial charge in [-0.3, -0.25) is 4.79 Å². The van der Waals surface area contributed by atoms with Crippen LogP contribution in [-0.4, -0.2) is 43.6 Å². The Morgan fingerprint density at radius 2 is 1.81 bits per heavy atom. The third-order valence-corrected chi connectivity index (χ3v) is 5.47. The number of anilines is 1. The standard InChI is InChI=1S/C23H30N2O2/c1-5-25(17(2)3)21-10-6-19(7-11-21)23(26)24-15-14-20(16-24)18-8-12-22(27-4)13-9-18/h6-13,17,20H,5,14-16H2,1-4H3. The summed E-state index contributed by atoms with van der Waals surface area (Å²) in [5.74, 6) is 1.40. The summed E-state index contributed by atoms with van der Waals surface area (Å²) in [6.07, 6.45) is 1.01. The Kier molecular flexibility index (Phi) is 6.04. The van der Waals surface area contributed by atoms with Gasteiger partial charge in [0.15, 0.2) is 0 Å². The Morgan fingerprint density at radius 3 is 2.37 bits per heavy atom. The molecule has 1 fully saturated rings. The van der Waals surface area contributed by atoms with Gasteiger partial charge in [-0.25, -0.2) is 0 Å². The van der Waals surface area contributed by atoms with Gasteiger partial charge in [-0.15, -0.1) is 0 Å². The van der Waals surface area contributed by atoms with Gasteiger partial charge in [0.1, 0.15) is 5.75 Å². The first kappa shape index (κ1) is 19.3. The van der Waals surface area contributed by atoms with Crippen LogP contribution in [0.4, 0.5) is 5.69 Å². The summed E-state index contributed by atoms with van der Waals surface area (Å²) in [5, 5.41) is 0. The van der Waals surface area contributed by atoms with Crippen molar-refractivity contribution in [3.8, 4) is 5.75 Å². The van der Waals surface area contributed by atoms with Crippen LogP contribution in [-0.2, 0) is 0 Å². The van der Waals surface area contributed by atoms with Crippen LogP contribution in [0.3, 0.4) is 0 Å². The number of hydrogen-bond acceptors (Lipinski definition) is 3. The minimum absolute atomic E-state index is 0.130. The normalized spacial score (nSPS) is 16.6. The highest BCUT2D eigenvalue weighted by Gasteiger charge is 2.28. The van der Waals surface area contributed by atoms with Crippen molar-refractivity contribution in [2.75, 3.05) is 31.6 Å². The van der Waals surface area contributed by atoms with Crippen LogP contribution in [0.15, 0.2) is 48.5 Å². The smallest absolute Gasteiger partial charge is 0.253 e. The Balaban J connectivity index is 1.66. The summed E-state index contributed by atoms with van der Waals surface area (Å²) in [4.78, 5) is 17.2. The molecule has 0 aromatic heterocycles. The zero-order chi connectivity index (χ0) is 19.4. The molecule has 27 heavy (non-hydrogen) atoms. The third kappa shape index (κ3) is 4.26. The Morgan fingerprint density at radius 1 is 1.15 bits per heavy atom. The first-order chi connectivity index (χ1) is 13.0. The molecule has 1 heterocycles. The average Bonchev–Trinajstić information content (AvgIpc) is 3.18. The number of carbonyl (C=O) groups is 1. The van der Waals surface area contributed by atoms with Crippen molar-refractivity contribution >= 4 is 11.6 Å². The maximum Gasteiger partial charge on any atom is 0.253 e. The van der Waals surface area contributed by atoms with Gasteiger partial charge < -0.3 is 14.5 Å². The highest BCUT2D eigenvalue weighted by molar-refractivity contribution is 5.94. The summed E-state index contributed by atoms with van der Waals surface area (Å²) in [6, 6.07) is 16.7. The van der Waals surface area contributed by atoms with E-state index in [2.05, 4.69) is 49.9 Å². The molecular formula is C23H30N2O2. The van der Waals surface area contributed by atoms with Gasteiger partial charge >= 0.3 is 0 Å². The minimum atomic E-state index is 0.130. The quantitative estimate of drug-likeness (QED) is 0.751. The molecule has 1 saturated heterocycles. The van der Waals surface area contributed by atoms with E-state index in [1.807, 2.05) is 29.2 Å². The third-order valence-electron chi connectivity index (χ3n) is 5.47. The van der Waals surface area contributed by atoms with Crippen molar-refractivity contribution < 1.29 is 9.53 Å². The van der Waals surface area contributed by atoms with E-state index in [1.165, 1.54) is 11.3 Å². The molecule has 4 heteroatoms. The molecule has 0 radical (unpaired) electrons. The molecular weight excluding hydrogens is 336 g/mol. The van der Waals surface area contributed by atoms with E-state index >= 15 is 0 Å². The molecule has 1 unspecified atom stereocenters. The lowest BCUT2D eigenvalue weighted by Gasteiger charge is -2.27. The second-order valence-corrected chi connectivity index (χ2v) is 7.44. The van der Waals surface area contributed by atoms with E-state index in [-0.39, 0.29) is 5.91 Å². The molecule has 0 spiro atoms. The summed E-state index contributed by atoms with van der Waals surface area (Å²) in [7, 11) is 1.68. The van der Waals surface area contributed by atoms with Gasteiger partial charge in [0.05, 0.1) is 7.11 Å². The molecule has 1 amide bonds. The van der Waals surface area contributed by atoms with Gasteiger partial charge in [-0.05, 0) is 69.2 Å².